The van der Waals surface area contributed by atoms with Crippen molar-refractivity contribution in [1.29, 1.82) is 0 Å². The van der Waals surface area contributed by atoms with E-state index in [0.717, 1.165) is 23.5 Å². The van der Waals surface area contributed by atoms with Gasteiger partial charge in [-0.2, -0.15) is 0 Å². The molecule has 0 aliphatic carbocycles. The first-order chi connectivity index (χ1) is 13.4. The van der Waals surface area contributed by atoms with Gasteiger partial charge in [0.25, 0.3) is 0 Å². The lowest BCUT2D eigenvalue weighted by Crippen LogP contribution is -2.48. The molecule has 0 aromatic heterocycles. The smallest absolute Gasteiger partial charge is 0.249 e. The van der Waals surface area contributed by atoms with Crippen molar-refractivity contribution in [3.63, 3.8) is 0 Å². The van der Waals surface area contributed by atoms with Crippen LogP contribution >= 0.6 is 0 Å². The molecule has 154 valence electrons. The summed E-state index contributed by atoms with van der Waals surface area (Å²) in [4.78, 5) is 37.2. The van der Waals surface area contributed by atoms with Crippen LogP contribution in [0.2, 0.25) is 0 Å². The molecule has 0 saturated carbocycles. The van der Waals surface area contributed by atoms with Crippen LogP contribution in [0.4, 0.5) is 14.5 Å². The van der Waals surface area contributed by atoms with E-state index < -0.39 is 41.1 Å². The molecule has 1 fully saturated rings. The van der Waals surface area contributed by atoms with E-state index in [2.05, 4.69) is 5.32 Å². The van der Waals surface area contributed by atoms with Gasteiger partial charge in [-0.15, -0.1) is 0 Å². The fraction of sp³-hybridized carbons (Fsp3) is 0.500. The minimum absolute atomic E-state index is 0.134. The molecule has 10 heteroatoms. The van der Waals surface area contributed by atoms with Gasteiger partial charge < -0.3 is 15.0 Å². The second-order valence-corrected chi connectivity index (χ2v) is 6.48. The number of benzene rings is 1. The van der Waals surface area contributed by atoms with Gasteiger partial charge >= 0.3 is 0 Å². The SMILES string of the molecule is CCCC[C@H](CN(O)C=O)C(=O)N1COC[C@H]1C(=O)Nc1c(F)cccc1F. The molecule has 0 unspecified atom stereocenters. The number of anilines is 1. The third kappa shape index (κ3) is 5.23. The lowest BCUT2D eigenvalue weighted by molar-refractivity contribution is -0.158. The van der Waals surface area contributed by atoms with Crippen LogP contribution in [-0.4, -0.2) is 59.3 Å². The van der Waals surface area contributed by atoms with Gasteiger partial charge in [0.05, 0.1) is 19.1 Å². The Balaban J connectivity index is 2.13. The Morgan fingerprint density at radius 1 is 1.43 bits per heavy atom. The number of hydroxylamine groups is 2. The van der Waals surface area contributed by atoms with Crippen LogP contribution in [0.25, 0.3) is 0 Å². The van der Waals surface area contributed by atoms with Gasteiger partial charge in [0.2, 0.25) is 18.2 Å². The average Bonchev–Trinajstić information content (AvgIpc) is 3.17. The standard InChI is InChI=1S/C18H23F2N3O5/c1-2-3-5-12(8-22(27)10-24)18(26)23-11-28-9-15(23)17(25)21-16-13(19)6-4-7-14(16)20/h4,6-7,10,12,15,27H,2-3,5,8-9,11H2,1H3,(H,21,25)/t12-,15+/m1/s1. The predicted octanol–water partition coefficient (Wildman–Crippen LogP) is 1.74. The Labute approximate surface area is 161 Å². The molecule has 2 rings (SSSR count). The van der Waals surface area contributed by atoms with E-state index >= 15 is 0 Å². The third-order valence-electron chi connectivity index (χ3n) is 4.46. The van der Waals surface area contributed by atoms with Crippen molar-refractivity contribution in [2.75, 3.05) is 25.2 Å². The number of nitrogens with one attached hydrogen (secondary N) is 1. The highest BCUT2D eigenvalue weighted by Crippen LogP contribution is 2.22. The molecular weight excluding hydrogens is 376 g/mol. The van der Waals surface area contributed by atoms with Crippen molar-refractivity contribution in [2.24, 2.45) is 5.92 Å². The van der Waals surface area contributed by atoms with Crippen LogP contribution in [-0.2, 0) is 19.1 Å². The number of para-hydroxylation sites is 1. The molecule has 1 heterocycles. The Kier molecular flexibility index (Phi) is 7.82. The lowest BCUT2D eigenvalue weighted by Gasteiger charge is -2.27. The normalized spacial score (nSPS) is 17.3. The molecule has 0 bridgehead atoms. The number of carbonyl (C=O) groups is 3. The summed E-state index contributed by atoms with van der Waals surface area (Å²) in [5.41, 5.74) is -0.600. The van der Waals surface area contributed by atoms with Crippen molar-refractivity contribution in [3.05, 3.63) is 29.8 Å². The van der Waals surface area contributed by atoms with E-state index in [1.807, 2.05) is 6.92 Å². The van der Waals surface area contributed by atoms with Crippen LogP contribution in [0.5, 0.6) is 0 Å². The summed E-state index contributed by atoms with van der Waals surface area (Å²) in [7, 11) is 0. The Morgan fingerprint density at radius 3 is 2.71 bits per heavy atom. The first-order valence-electron chi connectivity index (χ1n) is 8.92. The zero-order chi connectivity index (χ0) is 20.7. The number of halogens is 2. The van der Waals surface area contributed by atoms with E-state index in [1.165, 1.54) is 6.07 Å². The average molecular weight is 399 g/mol. The Hall–Kier alpha value is -2.59. The quantitative estimate of drug-likeness (QED) is 0.374. The molecule has 1 aliphatic rings. The zero-order valence-electron chi connectivity index (χ0n) is 15.4. The Bertz CT molecular complexity index is 698. The monoisotopic (exact) mass is 399 g/mol. The summed E-state index contributed by atoms with van der Waals surface area (Å²) in [6.45, 7) is 1.39. The minimum atomic E-state index is -1.08. The minimum Gasteiger partial charge on any atom is -0.358 e. The van der Waals surface area contributed by atoms with Crippen LogP contribution in [0.1, 0.15) is 26.2 Å². The fourth-order valence-corrected chi connectivity index (χ4v) is 2.95. The molecule has 3 amide bonds. The number of unbranched alkanes of at least 4 members (excludes halogenated alkanes) is 1. The maximum atomic E-state index is 13.8. The van der Waals surface area contributed by atoms with E-state index in [4.69, 9.17) is 4.74 Å². The first-order valence-corrected chi connectivity index (χ1v) is 8.92. The van der Waals surface area contributed by atoms with Gasteiger partial charge in [-0.1, -0.05) is 25.8 Å². The summed E-state index contributed by atoms with van der Waals surface area (Å²) >= 11 is 0. The van der Waals surface area contributed by atoms with Crippen LogP contribution < -0.4 is 5.32 Å². The van der Waals surface area contributed by atoms with E-state index in [1.54, 1.807) is 0 Å². The molecular formula is C18H23F2N3O5. The molecule has 28 heavy (non-hydrogen) atoms. The van der Waals surface area contributed by atoms with Crippen LogP contribution in [0, 0.1) is 17.6 Å². The summed E-state index contributed by atoms with van der Waals surface area (Å²) in [6.07, 6.45) is 2.06. The number of carbonyl (C=O) groups excluding carboxylic acids is 3. The highest BCUT2D eigenvalue weighted by Gasteiger charge is 2.38. The fourth-order valence-electron chi connectivity index (χ4n) is 2.95. The second kappa shape index (κ2) is 10.1. The summed E-state index contributed by atoms with van der Waals surface area (Å²) in [5.74, 6) is -3.89. The number of hydrogen-bond acceptors (Lipinski definition) is 5. The van der Waals surface area contributed by atoms with Crippen molar-refractivity contribution < 1.29 is 33.1 Å². The topological polar surface area (TPSA) is 99.2 Å². The number of ether oxygens (including phenoxy) is 1. The molecule has 2 N–H and O–H groups in total. The van der Waals surface area contributed by atoms with Gasteiger partial charge in [0.1, 0.15) is 30.1 Å². The molecule has 1 aromatic rings. The van der Waals surface area contributed by atoms with Gasteiger partial charge in [-0.3, -0.25) is 19.6 Å². The van der Waals surface area contributed by atoms with Crippen molar-refractivity contribution in [3.8, 4) is 0 Å². The number of nitrogens with zero attached hydrogens (tertiary/aromatic N) is 2. The molecule has 1 saturated heterocycles. The molecule has 1 aromatic carbocycles. The number of hydrogen-bond donors (Lipinski definition) is 2. The highest BCUT2D eigenvalue weighted by atomic mass is 19.1. The largest absolute Gasteiger partial charge is 0.358 e. The van der Waals surface area contributed by atoms with Gasteiger partial charge in [-0.05, 0) is 18.6 Å². The van der Waals surface area contributed by atoms with E-state index in [9.17, 15) is 28.4 Å². The molecule has 0 radical (unpaired) electrons. The third-order valence-corrected chi connectivity index (χ3v) is 4.46. The highest BCUT2D eigenvalue weighted by molar-refractivity contribution is 5.98. The van der Waals surface area contributed by atoms with E-state index in [0.29, 0.717) is 17.9 Å². The van der Waals surface area contributed by atoms with Gasteiger partial charge in [0.15, 0.2) is 0 Å². The summed E-state index contributed by atoms with van der Waals surface area (Å²) in [6, 6.07) is 2.09. The maximum absolute atomic E-state index is 13.8. The predicted molar refractivity (Wildman–Crippen MR) is 94.0 cm³/mol. The molecule has 2 atom stereocenters. The van der Waals surface area contributed by atoms with Crippen LogP contribution in [0.15, 0.2) is 18.2 Å². The van der Waals surface area contributed by atoms with Crippen molar-refractivity contribution in [2.45, 2.75) is 32.2 Å². The van der Waals surface area contributed by atoms with Gasteiger partial charge in [0, 0.05) is 0 Å². The maximum Gasteiger partial charge on any atom is 0.249 e. The number of amides is 3. The van der Waals surface area contributed by atoms with Crippen molar-refractivity contribution in [1.82, 2.24) is 9.96 Å². The molecule has 8 nitrogen and oxygen atoms in total. The second-order valence-electron chi connectivity index (χ2n) is 6.48. The first kappa shape index (κ1) is 21.7. The van der Waals surface area contributed by atoms with Crippen molar-refractivity contribution >= 4 is 23.9 Å². The summed E-state index contributed by atoms with van der Waals surface area (Å²) in [5, 5.41) is 12.0. The molecule has 1 aliphatic heterocycles. The summed E-state index contributed by atoms with van der Waals surface area (Å²) < 4.78 is 32.7. The van der Waals surface area contributed by atoms with E-state index in [-0.39, 0.29) is 26.3 Å². The number of rotatable bonds is 9. The lowest BCUT2D eigenvalue weighted by atomic mass is 9.99. The van der Waals surface area contributed by atoms with Crippen LogP contribution in [0.3, 0.4) is 0 Å². The zero-order valence-corrected chi connectivity index (χ0v) is 15.4. The van der Waals surface area contributed by atoms with Gasteiger partial charge in [-0.25, -0.2) is 13.8 Å². The Morgan fingerprint density at radius 2 is 2.11 bits per heavy atom. The molecule has 0 spiro atoms.